The molecule has 1 nitrogen and oxygen atoms in total. The van der Waals surface area contributed by atoms with Gasteiger partial charge in [-0.25, -0.2) is 0 Å². The van der Waals surface area contributed by atoms with Crippen molar-refractivity contribution < 1.29 is 0 Å². The van der Waals surface area contributed by atoms with Crippen LogP contribution in [0.4, 0.5) is 0 Å². The molecule has 0 unspecified atom stereocenters. The second-order valence-electron chi connectivity index (χ2n) is 6.80. The zero-order valence-electron chi connectivity index (χ0n) is 16.1. The van der Waals surface area contributed by atoms with E-state index < -0.39 is 0 Å². The number of hydrogen-bond acceptors (Lipinski definition) is 1. The summed E-state index contributed by atoms with van der Waals surface area (Å²) in [5, 5.41) is 0. The molecule has 0 fully saturated rings. The quantitative estimate of drug-likeness (QED) is 0.463. The summed E-state index contributed by atoms with van der Waals surface area (Å²) in [5.74, 6) is 0.739. The monoisotopic (exact) mass is 323 g/mol. The van der Waals surface area contributed by atoms with Gasteiger partial charge in [-0.3, -0.25) is 4.99 Å². The Morgan fingerprint density at radius 1 is 1.21 bits per heavy atom. The topological polar surface area (TPSA) is 12.4 Å². The van der Waals surface area contributed by atoms with E-state index in [0.717, 1.165) is 30.9 Å². The molecule has 0 aliphatic rings. The first kappa shape index (κ1) is 20.2. The second-order valence-corrected chi connectivity index (χ2v) is 6.80. The number of aryl methyl sites for hydroxylation is 2. The van der Waals surface area contributed by atoms with Gasteiger partial charge in [0.05, 0.1) is 5.71 Å². The Balaban J connectivity index is 2.87. The molecule has 0 amide bonds. The predicted octanol–water partition coefficient (Wildman–Crippen LogP) is 6.44. The molecule has 0 aromatic heterocycles. The van der Waals surface area contributed by atoms with Gasteiger partial charge in [-0.2, -0.15) is 0 Å². The maximum Gasteiger partial charge on any atom is 0.0566 e. The Bertz CT molecular complexity index is 615. The highest BCUT2D eigenvalue weighted by molar-refractivity contribution is 6.04. The highest BCUT2D eigenvalue weighted by atomic mass is 14.7. The van der Waals surface area contributed by atoms with Crippen LogP contribution in [0.5, 0.6) is 0 Å². The van der Waals surface area contributed by atoms with Crippen molar-refractivity contribution in [2.24, 2.45) is 10.9 Å². The van der Waals surface area contributed by atoms with Crippen LogP contribution in [0.2, 0.25) is 0 Å². The lowest BCUT2D eigenvalue weighted by atomic mass is 9.93. The summed E-state index contributed by atoms with van der Waals surface area (Å²) in [6, 6.07) is 6.77. The normalized spacial score (nSPS) is 13.1. The van der Waals surface area contributed by atoms with Gasteiger partial charge in [-0.1, -0.05) is 56.4 Å². The van der Waals surface area contributed by atoms with Crippen molar-refractivity contribution in [2.75, 3.05) is 7.05 Å². The molecule has 0 heterocycles. The van der Waals surface area contributed by atoms with Crippen LogP contribution < -0.4 is 0 Å². The zero-order valence-corrected chi connectivity index (χ0v) is 16.1. The molecular weight excluding hydrogens is 290 g/mol. The standard InChI is InChI=1S/C23H33N/c1-7-9-23(24-6)16-19(5)11-14-22-17-20(8-2)12-15-21(22)13-10-18(3)4/h7-9,12,15-18H,2,10-11,13-14H2,1,3-6H3/b9-7+,19-16-,24-23?. The summed E-state index contributed by atoms with van der Waals surface area (Å²) in [6.07, 6.45) is 12.7. The van der Waals surface area contributed by atoms with Crippen molar-refractivity contribution in [1.29, 1.82) is 0 Å². The van der Waals surface area contributed by atoms with Gasteiger partial charge in [-0.05, 0) is 74.3 Å². The third kappa shape index (κ3) is 7.12. The largest absolute Gasteiger partial charge is 0.289 e. The molecule has 0 aliphatic heterocycles. The van der Waals surface area contributed by atoms with Crippen LogP contribution in [-0.2, 0) is 12.8 Å². The third-order valence-electron chi connectivity index (χ3n) is 4.24. The van der Waals surface area contributed by atoms with Crippen molar-refractivity contribution in [3.8, 4) is 0 Å². The molecule has 0 spiro atoms. The average Bonchev–Trinajstić information content (AvgIpc) is 2.57. The Labute approximate surface area is 148 Å². The van der Waals surface area contributed by atoms with Gasteiger partial charge in [0.15, 0.2) is 0 Å². The molecule has 1 aromatic rings. The molecule has 0 N–H and O–H groups in total. The Morgan fingerprint density at radius 3 is 2.54 bits per heavy atom. The van der Waals surface area contributed by atoms with E-state index in [1.807, 2.05) is 26.1 Å². The molecule has 0 atom stereocenters. The number of hydrogen-bond donors (Lipinski definition) is 0. The third-order valence-corrected chi connectivity index (χ3v) is 4.24. The van der Waals surface area contributed by atoms with Crippen LogP contribution in [0.25, 0.3) is 6.08 Å². The lowest BCUT2D eigenvalue weighted by Gasteiger charge is -2.12. The summed E-state index contributed by atoms with van der Waals surface area (Å²) in [7, 11) is 1.84. The summed E-state index contributed by atoms with van der Waals surface area (Å²) in [4.78, 5) is 4.31. The first-order valence-corrected chi connectivity index (χ1v) is 9.01. The Hall–Kier alpha value is -1.89. The van der Waals surface area contributed by atoms with Crippen molar-refractivity contribution in [3.63, 3.8) is 0 Å². The van der Waals surface area contributed by atoms with Crippen molar-refractivity contribution in [2.45, 2.75) is 53.4 Å². The smallest absolute Gasteiger partial charge is 0.0566 e. The van der Waals surface area contributed by atoms with Gasteiger partial charge < -0.3 is 0 Å². The molecule has 1 aromatic carbocycles. The molecule has 1 heteroatoms. The Morgan fingerprint density at radius 2 is 1.96 bits per heavy atom. The van der Waals surface area contributed by atoms with Gasteiger partial charge >= 0.3 is 0 Å². The van der Waals surface area contributed by atoms with E-state index in [2.05, 4.69) is 62.7 Å². The molecule has 0 saturated heterocycles. The van der Waals surface area contributed by atoms with Crippen LogP contribution in [0.1, 0.15) is 57.2 Å². The molecule has 1 rings (SSSR count). The van der Waals surface area contributed by atoms with Gasteiger partial charge in [-0.15, -0.1) is 0 Å². The number of allylic oxidation sites excluding steroid dienone is 4. The fraction of sp³-hybridized carbons (Fsp3) is 0.435. The first-order valence-electron chi connectivity index (χ1n) is 9.01. The van der Waals surface area contributed by atoms with Crippen molar-refractivity contribution in [1.82, 2.24) is 0 Å². The molecule has 0 saturated carbocycles. The van der Waals surface area contributed by atoms with E-state index in [1.165, 1.54) is 28.7 Å². The SMILES string of the molecule is C=Cc1ccc(CCC(C)C)c(CC/C(C)=C\C(/C=C/C)=NC)c1. The van der Waals surface area contributed by atoms with Crippen LogP contribution in [-0.4, -0.2) is 12.8 Å². The summed E-state index contributed by atoms with van der Waals surface area (Å²) < 4.78 is 0. The van der Waals surface area contributed by atoms with Crippen molar-refractivity contribution in [3.05, 3.63) is 65.3 Å². The number of rotatable bonds is 9. The molecule has 24 heavy (non-hydrogen) atoms. The van der Waals surface area contributed by atoms with Crippen LogP contribution in [0.15, 0.2) is 53.6 Å². The number of nitrogens with zero attached hydrogens (tertiary/aromatic N) is 1. The first-order chi connectivity index (χ1) is 11.5. The summed E-state index contributed by atoms with van der Waals surface area (Å²) in [6.45, 7) is 12.7. The zero-order chi connectivity index (χ0) is 17.9. The van der Waals surface area contributed by atoms with Gasteiger partial charge in [0.2, 0.25) is 0 Å². The summed E-state index contributed by atoms with van der Waals surface area (Å²) >= 11 is 0. The minimum atomic E-state index is 0.739. The predicted molar refractivity (Wildman–Crippen MR) is 110 cm³/mol. The minimum absolute atomic E-state index is 0.739. The lowest BCUT2D eigenvalue weighted by Crippen LogP contribution is -1.99. The van der Waals surface area contributed by atoms with E-state index in [1.54, 1.807) is 0 Å². The highest BCUT2D eigenvalue weighted by Gasteiger charge is 2.06. The van der Waals surface area contributed by atoms with Crippen LogP contribution in [0.3, 0.4) is 0 Å². The molecule has 0 aliphatic carbocycles. The van der Waals surface area contributed by atoms with Gasteiger partial charge in [0.1, 0.15) is 0 Å². The Kier molecular flexibility index (Phi) is 9.07. The van der Waals surface area contributed by atoms with E-state index in [0.29, 0.717) is 0 Å². The molecule has 130 valence electrons. The second kappa shape index (κ2) is 10.8. The van der Waals surface area contributed by atoms with E-state index in [4.69, 9.17) is 0 Å². The number of benzene rings is 1. The maximum atomic E-state index is 4.31. The highest BCUT2D eigenvalue weighted by Crippen LogP contribution is 2.20. The van der Waals surface area contributed by atoms with Crippen LogP contribution >= 0.6 is 0 Å². The fourth-order valence-corrected chi connectivity index (χ4v) is 2.71. The van der Waals surface area contributed by atoms with Gasteiger partial charge in [0.25, 0.3) is 0 Å². The fourth-order valence-electron chi connectivity index (χ4n) is 2.71. The lowest BCUT2D eigenvalue weighted by molar-refractivity contribution is 0.584. The van der Waals surface area contributed by atoms with Gasteiger partial charge in [0, 0.05) is 7.05 Å². The molecule has 0 bridgehead atoms. The number of aliphatic imine (C=N–C) groups is 1. The van der Waals surface area contributed by atoms with E-state index in [9.17, 15) is 0 Å². The molecular formula is C23H33N. The average molecular weight is 324 g/mol. The summed E-state index contributed by atoms with van der Waals surface area (Å²) in [5.41, 5.74) is 6.56. The maximum absolute atomic E-state index is 4.31. The minimum Gasteiger partial charge on any atom is -0.289 e. The van der Waals surface area contributed by atoms with Crippen molar-refractivity contribution >= 4 is 11.8 Å². The van der Waals surface area contributed by atoms with Crippen LogP contribution in [0, 0.1) is 5.92 Å². The van der Waals surface area contributed by atoms with E-state index >= 15 is 0 Å². The molecule has 0 radical (unpaired) electrons. The van der Waals surface area contributed by atoms with E-state index in [-0.39, 0.29) is 0 Å².